The molecule has 1 aromatic rings. The van der Waals surface area contributed by atoms with Crippen molar-refractivity contribution < 1.29 is 0 Å². The molecule has 0 N–H and O–H groups in total. The molecule has 0 aliphatic carbocycles. The second-order valence-electron chi connectivity index (χ2n) is 1.92. The van der Waals surface area contributed by atoms with Gasteiger partial charge in [0.2, 0.25) is 0 Å². The minimum absolute atomic E-state index is 0.00694. The third-order valence-corrected chi connectivity index (χ3v) is 2.30. The maximum atomic E-state index is 4.51. The molecule has 11 heavy (non-hydrogen) atoms. The zero-order valence-electron chi connectivity index (χ0n) is 5.86. The van der Waals surface area contributed by atoms with Crippen LogP contribution >= 0.6 is 23.6 Å². The van der Waals surface area contributed by atoms with E-state index in [2.05, 4.69) is 29.0 Å². The van der Waals surface area contributed by atoms with E-state index >= 15 is 0 Å². The molecule has 0 radical (unpaired) electrons. The summed E-state index contributed by atoms with van der Waals surface area (Å²) in [6, 6.07) is 3.98. The van der Waals surface area contributed by atoms with Crippen LogP contribution in [0.15, 0.2) is 35.2 Å². The van der Waals surface area contributed by atoms with Gasteiger partial charge in [0, 0.05) is 4.88 Å². The summed E-state index contributed by atoms with van der Waals surface area (Å²) < 4.78 is 0. The van der Waals surface area contributed by atoms with Gasteiger partial charge in [0.05, 0.1) is 5.16 Å². The molecule has 0 fully saturated rings. The van der Waals surface area contributed by atoms with Crippen LogP contribution in [0, 0.1) is 0 Å². The van der Waals surface area contributed by atoms with E-state index in [1.807, 2.05) is 17.5 Å². The highest BCUT2D eigenvalue weighted by atomic mass is 32.1. The van der Waals surface area contributed by atoms with Gasteiger partial charge in [-0.3, -0.25) is 0 Å². The number of aliphatic imine (C=N–C) groups is 1. The lowest BCUT2D eigenvalue weighted by Crippen LogP contribution is -1.83. The lowest BCUT2D eigenvalue weighted by Gasteiger charge is -1.99. The van der Waals surface area contributed by atoms with Crippen molar-refractivity contribution in [3.63, 3.8) is 0 Å². The van der Waals surface area contributed by atoms with Gasteiger partial charge in [0.15, 0.2) is 0 Å². The van der Waals surface area contributed by atoms with Crippen molar-refractivity contribution in [3.05, 3.63) is 35.0 Å². The van der Waals surface area contributed by atoms with Gasteiger partial charge in [0.25, 0.3) is 0 Å². The largest absolute Gasteiger partial charge is 0.219 e. The third-order valence-electron chi connectivity index (χ3n) is 1.25. The first-order valence-corrected chi connectivity index (χ1v) is 4.40. The summed E-state index contributed by atoms with van der Waals surface area (Å²) in [7, 11) is 0. The minimum atomic E-state index is -0.00694. The average Bonchev–Trinajstić information content (AvgIpc) is 2.52. The fourth-order valence-corrected chi connectivity index (χ4v) is 1.62. The summed E-state index contributed by atoms with van der Waals surface area (Å²) in [4.78, 5) is 5.09. The standard InChI is InChI=1S/C8H7NS2/c1-2-7(9-6-10)8-4-3-5-11-8/h2-5,7H,1H2. The summed E-state index contributed by atoms with van der Waals surface area (Å²) in [5, 5.41) is 4.36. The Bertz CT molecular complexity index is 270. The van der Waals surface area contributed by atoms with Gasteiger partial charge in [-0.05, 0) is 23.7 Å². The molecule has 1 aromatic heterocycles. The van der Waals surface area contributed by atoms with Crippen molar-refractivity contribution in [2.24, 2.45) is 4.99 Å². The Morgan fingerprint density at radius 1 is 1.82 bits per heavy atom. The van der Waals surface area contributed by atoms with E-state index in [0.717, 1.165) is 4.88 Å². The van der Waals surface area contributed by atoms with E-state index in [-0.39, 0.29) is 6.04 Å². The summed E-state index contributed by atoms with van der Waals surface area (Å²) >= 11 is 6.15. The second kappa shape index (κ2) is 4.19. The first-order chi connectivity index (χ1) is 5.38. The number of thiocarbonyl (C=S) groups is 1. The van der Waals surface area contributed by atoms with Crippen molar-refractivity contribution in [2.75, 3.05) is 0 Å². The van der Waals surface area contributed by atoms with Gasteiger partial charge >= 0.3 is 0 Å². The Morgan fingerprint density at radius 2 is 2.64 bits per heavy atom. The van der Waals surface area contributed by atoms with Gasteiger partial charge in [-0.1, -0.05) is 12.1 Å². The molecule has 3 heteroatoms. The van der Waals surface area contributed by atoms with Crippen molar-refractivity contribution >= 4 is 28.7 Å². The van der Waals surface area contributed by atoms with Gasteiger partial charge in [-0.25, -0.2) is 4.99 Å². The van der Waals surface area contributed by atoms with Gasteiger partial charge in [0.1, 0.15) is 6.04 Å². The molecular formula is C8H7NS2. The number of hydrogen-bond donors (Lipinski definition) is 0. The molecule has 0 aliphatic heterocycles. The predicted molar refractivity (Wildman–Crippen MR) is 52.3 cm³/mol. The number of isothiocyanates is 1. The summed E-state index contributed by atoms with van der Waals surface area (Å²) in [6.07, 6.45) is 1.76. The smallest absolute Gasteiger partial charge is 0.112 e. The zero-order chi connectivity index (χ0) is 8.10. The molecule has 1 unspecified atom stereocenters. The molecule has 0 aliphatic rings. The molecule has 1 nitrogen and oxygen atoms in total. The van der Waals surface area contributed by atoms with Crippen molar-refractivity contribution in [1.82, 2.24) is 0 Å². The molecule has 1 heterocycles. The zero-order valence-corrected chi connectivity index (χ0v) is 7.49. The maximum Gasteiger partial charge on any atom is 0.112 e. The molecule has 0 bridgehead atoms. The highest BCUT2D eigenvalue weighted by Gasteiger charge is 2.03. The number of rotatable bonds is 3. The monoisotopic (exact) mass is 181 g/mol. The van der Waals surface area contributed by atoms with E-state index in [0.29, 0.717) is 0 Å². The van der Waals surface area contributed by atoms with Gasteiger partial charge < -0.3 is 0 Å². The Balaban J connectivity index is 2.87. The van der Waals surface area contributed by atoms with E-state index in [1.54, 1.807) is 17.4 Å². The lowest BCUT2D eigenvalue weighted by molar-refractivity contribution is 0.951. The van der Waals surface area contributed by atoms with Crippen LogP contribution in [0.2, 0.25) is 0 Å². The highest BCUT2D eigenvalue weighted by molar-refractivity contribution is 7.78. The molecule has 0 spiro atoms. The number of hydrogen-bond acceptors (Lipinski definition) is 3. The Kier molecular flexibility index (Phi) is 3.17. The van der Waals surface area contributed by atoms with Crippen LogP contribution in [-0.4, -0.2) is 5.16 Å². The first-order valence-electron chi connectivity index (χ1n) is 3.11. The number of nitrogens with zero attached hydrogens (tertiary/aromatic N) is 1. The Hall–Kier alpha value is -0.760. The Morgan fingerprint density at radius 3 is 3.09 bits per heavy atom. The molecule has 0 aromatic carbocycles. The fourth-order valence-electron chi connectivity index (χ4n) is 0.749. The van der Waals surface area contributed by atoms with E-state index in [1.165, 1.54) is 0 Å². The van der Waals surface area contributed by atoms with Crippen LogP contribution in [0.25, 0.3) is 0 Å². The molecule has 0 saturated heterocycles. The molecule has 0 amide bonds. The van der Waals surface area contributed by atoms with Crippen molar-refractivity contribution in [2.45, 2.75) is 6.04 Å². The molecule has 1 rings (SSSR count). The molecular weight excluding hydrogens is 174 g/mol. The summed E-state index contributed by atoms with van der Waals surface area (Å²) in [5.74, 6) is 0. The van der Waals surface area contributed by atoms with E-state index < -0.39 is 0 Å². The minimum Gasteiger partial charge on any atom is -0.219 e. The Labute approximate surface area is 75.1 Å². The van der Waals surface area contributed by atoms with Crippen LogP contribution in [0.3, 0.4) is 0 Å². The van der Waals surface area contributed by atoms with Crippen LogP contribution < -0.4 is 0 Å². The van der Waals surface area contributed by atoms with Crippen LogP contribution in [0.5, 0.6) is 0 Å². The lowest BCUT2D eigenvalue weighted by atomic mass is 10.2. The van der Waals surface area contributed by atoms with Crippen LogP contribution in [0.4, 0.5) is 0 Å². The normalized spacial score (nSPS) is 11.6. The SMILES string of the molecule is C=CC(N=C=S)c1cccs1. The maximum absolute atomic E-state index is 4.51. The third kappa shape index (κ3) is 2.09. The predicted octanol–water partition coefficient (Wildman–Crippen LogP) is 3.08. The van der Waals surface area contributed by atoms with Crippen LogP contribution in [-0.2, 0) is 0 Å². The number of thiophene rings is 1. The first kappa shape index (κ1) is 8.34. The summed E-state index contributed by atoms with van der Waals surface area (Å²) in [5.41, 5.74) is 0. The average molecular weight is 181 g/mol. The van der Waals surface area contributed by atoms with E-state index in [9.17, 15) is 0 Å². The van der Waals surface area contributed by atoms with Crippen molar-refractivity contribution in [1.29, 1.82) is 0 Å². The molecule has 56 valence electrons. The highest BCUT2D eigenvalue weighted by Crippen LogP contribution is 2.22. The van der Waals surface area contributed by atoms with Crippen molar-refractivity contribution in [3.8, 4) is 0 Å². The van der Waals surface area contributed by atoms with E-state index in [4.69, 9.17) is 0 Å². The van der Waals surface area contributed by atoms with Crippen LogP contribution in [0.1, 0.15) is 10.9 Å². The second-order valence-corrected chi connectivity index (χ2v) is 3.08. The molecule has 1 atom stereocenters. The molecule has 0 saturated carbocycles. The quantitative estimate of drug-likeness (QED) is 0.396. The van der Waals surface area contributed by atoms with Gasteiger partial charge in [-0.2, -0.15) is 0 Å². The summed E-state index contributed by atoms with van der Waals surface area (Å²) in [6.45, 7) is 3.66. The topological polar surface area (TPSA) is 12.4 Å². The van der Waals surface area contributed by atoms with Gasteiger partial charge in [-0.15, -0.1) is 17.9 Å². The fraction of sp³-hybridized carbons (Fsp3) is 0.125.